The van der Waals surface area contributed by atoms with Gasteiger partial charge in [0.1, 0.15) is 4.90 Å². The van der Waals surface area contributed by atoms with Crippen LogP contribution in [0.3, 0.4) is 0 Å². The van der Waals surface area contributed by atoms with Crippen molar-refractivity contribution >= 4 is 21.4 Å². The van der Waals surface area contributed by atoms with Gasteiger partial charge >= 0.3 is 0 Å². The lowest BCUT2D eigenvalue weighted by Gasteiger charge is -2.07. The fourth-order valence-electron chi connectivity index (χ4n) is 1.58. The van der Waals surface area contributed by atoms with Crippen molar-refractivity contribution in [2.45, 2.75) is 25.0 Å². The minimum absolute atomic E-state index is 0.166. The molecule has 0 radical (unpaired) electrons. The van der Waals surface area contributed by atoms with Crippen LogP contribution in [0.1, 0.15) is 16.0 Å². The summed E-state index contributed by atoms with van der Waals surface area (Å²) in [5.41, 5.74) is 1.39. The second-order valence-electron chi connectivity index (χ2n) is 3.76. The van der Waals surface area contributed by atoms with Crippen LogP contribution in [0, 0.1) is 6.92 Å². The highest BCUT2D eigenvalue weighted by atomic mass is 32.2. The maximum atomic E-state index is 12.1. The van der Waals surface area contributed by atoms with E-state index in [1.807, 2.05) is 0 Å². The Morgan fingerprint density at radius 2 is 2.33 bits per heavy atom. The molecular formula is C10H13N3O3S2. The molecule has 2 aromatic heterocycles. The quantitative estimate of drug-likeness (QED) is 0.756. The van der Waals surface area contributed by atoms with Crippen LogP contribution in [0.25, 0.3) is 0 Å². The molecule has 18 heavy (non-hydrogen) atoms. The molecule has 0 atom stereocenters. The number of aliphatic hydroxyl groups is 1. The molecule has 0 aliphatic rings. The number of nitrogens with zero attached hydrogens (tertiary/aromatic N) is 1. The Balaban J connectivity index is 2.22. The topological polar surface area (TPSA) is 95.1 Å². The fraction of sp³-hybridized carbons (Fsp3) is 0.300. The number of hydrogen-bond donors (Lipinski definition) is 3. The lowest BCUT2D eigenvalue weighted by molar-refractivity contribution is 0.282. The van der Waals surface area contributed by atoms with Crippen molar-refractivity contribution in [2.24, 2.45) is 0 Å². The van der Waals surface area contributed by atoms with E-state index in [0.29, 0.717) is 10.4 Å². The molecule has 8 heteroatoms. The highest BCUT2D eigenvalue weighted by molar-refractivity contribution is 7.89. The number of nitrogens with one attached hydrogen (secondary N) is 2. The van der Waals surface area contributed by atoms with Gasteiger partial charge in [-0.05, 0) is 17.9 Å². The van der Waals surface area contributed by atoms with Gasteiger partial charge in [-0.1, -0.05) is 0 Å². The Bertz CT molecular complexity index is 617. The number of aryl methyl sites for hydroxylation is 1. The van der Waals surface area contributed by atoms with E-state index < -0.39 is 10.0 Å². The molecule has 2 heterocycles. The number of aliphatic hydroxyl groups excluding tert-OH is 1. The highest BCUT2D eigenvalue weighted by Gasteiger charge is 2.22. The van der Waals surface area contributed by atoms with Crippen molar-refractivity contribution in [2.75, 3.05) is 0 Å². The molecule has 6 nitrogen and oxygen atoms in total. The first-order valence-electron chi connectivity index (χ1n) is 5.19. The first-order chi connectivity index (χ1) is 8.54. The summed E-state index contributed by atoms with van der Waals surface area (Å²) in [6.07, 6.45) is 3.17. The molecule has 0 aliphatic heterocycles. The zero-order valence-electron chi connectivity index (χ0n) is 9.67. The van der Waals surface area contributed by atoms with Crippen LogP contribution < -0.4 is 4.72 Å². The van der Waals surface area contributed by atoms with Gasteiger partial charge in [0.15, 0.2) is 0 Å². The van der Waals surface area contributed by atoms with E-state index in [9.17, 15) is 8.42 Å². The van der Waals surface area contributed by atoms with Gasteiger partial charge in [0.2, 0.25) is 10.0 Å². The van der Waals surface area contributed by atoms with Crippen LogP contribution >= 0.6 is 11.3 Å². The molecule has 0 unspecified atom stereocenters. The Kier molecular flexibility index (Phi) is 3.81. The number of sulfonamides is 1. The SMILES string of the molecule is Cc1csc(CO)c1S(=O)(=O)NCc1cn[nH]c1. The number of rotatable bonds is 5. The number of hydrogen-bond acceptors (Lipinski definition) is 5. The Labute approximate surface area is 109 Å². The second kappa shape index (κ2) is 5.19. The molecule has 98 valence electrons. The van der Waals surface area contributed by atoms with E-state index in [1.165, 1.54) is 11.3 Å². The molecule has 0 saturated carbocycles. The summed E-state index contributed by atoms with van der Waals surface area (Å²) in [7, 11) is -3.61. The molecule has 0 aromatic carbocycles. The summed E-state index contributed by atoms with van der Waals surface area (Å²) < 4.78 is 26.8. The van der Waals surface area contributed by atoms with E-state index >= 15 is 0 Å². The van der Waals surface area contributed by atoms with E-state index in [1.54, 1.807) is 24.7 Å². The van der Waals surface area contributed by atoms with Crippen LogP contribution in [-0.4, -0.2) is 23.7 Å². The van der Waals surface area contributed by atoms with Crippen molar-refractivity contribution in [3.8, 4) is 0 Å². The maximum absolute atomic E-state index is 12.1. The molecule has 0 amide bonds. The predicted molar refractivity (Wildman–Crippen MR) is 67.6 cm³/mol. The zero-order chi connectivity index (χ0) is 13.2. The zero-order valence-corrected chi connectivity index (χ0v) is 11.3. The number of thiophene rings is 1. The molecular weight excluding hydrogens is 274 g/mol. The predicted octanol–water partition coefficient (Wildman–Crippen LogP) is 0.750. The van der Waals surface area contributed by atoms with Crippen LogP contribution in [0.2, 0.25) is 0 Å². The summed E-state index contributed by atoms with van der Waals surface area (Å²) in [6, 6.07) is 0. The molecule has 0 aliphatic carbocycles. The van der Waals surface area contributed by atoms with Gasteiger partial charge in [-0.2, -0.15) is 5.10 Å². The smallest absolute Gasteiger partial charge is 0.242 e. The summed E-state index contributed by atoms with van der Waals surface area (Å²) >= 11 is 1.24. The van der Waals surface area contributed by atoms with E-state index in [4.69, 9.17) is 5.11 Å². The highest BCUT2D eigenvalue weighted by Crippen LogP contribution is 2.26. The van der Waals surface area contributed by atoms with E-state index in [-0.39, 0.29) is 18.0 Å². The van der Waals surface area contributed by atoms with Gasteiger partial charge < -0.3 is 5.11 Å². The molecule has 2 aromatic rings. The Morgan fingerprint density at radius 3 is 2.94 bits per heavy atom. The van der Waals surface area contributed by atoms with E-state index in [0.717, 1.165) is 5.56 Å². The minimum Gasteiger partial charge on any atom is -0.391 e. The minimum atomic E-state index is -3.61. The second-order valence-corrected chi connectivity index (χ2v) is 6.43. The van der Waals surface area contributed by atoms with Crippen LogP contribution in [0.4, 0.5) is 0 Å². The van der Waals surface area contributed by atoms with Crippen molar-refractivity contribution < 1.29 is 13.5 Å². The molecule has 0 saturated heterocycles. The van der Waals surface area contributed by atoms with Crippen LogP contribution in [0.5, 0.6) is 0 Å². The summed E-state index contributed by atoms with van der Waals surface area (Å²) in [5.74, 6) is 0. The van der Waals surface area contributed by atoms with Crippen LogP contribution in [0.15, 0.2) is 22.7 Å². The molecule has 0 spiro atoms. The van der Waals surface area contributed by atoms with Crippen LogP contribution in [-0.2, 0) is 23.2 Å². The number of aromatic amines is 1. The third-order valence-electron chi connectivity index (χ3n) is 2.42. The average molecular weight is 287 g/mol. The Hall–Kier alpha value is -1.22. The average Bonchev–Trinajstić information content (AvgIpc) is 2.95. The van der Waals surface area contributed by atoms with Crippen molar-refractivity contribution in [3.63, 3.8) is 0 Å². The van der Waals surface area contributed by atoms with E-state index in [2.05, 4.69) is 14.9 Å². The normalized spacial score (nSPS) is 11.9. The lowest BCUT2D eigenvalue weighted by Crippen LogP contribution is -2.24. The van der Waals surface area contributed by atoms with Gasteiger partial charge in [0.05, 0.1) is 17.7 Å². The van der Waals surface area contributed by atoms with Gasteiger partial charge in [0.25, 0.3) is 0 Å². The van der Waals surface area contributed by atoms with Gasteiger partial charge in [-0.15, -0.1) is 11.3 Å². The lowest BCUT2D eigenvalue weighted by atomic mass is 10.3. The summed E-state index contributed by atoms with van der Waals surface area (Å²) in [5, 5.41) is 17.2. The first-order valence-corrected chi connectivity index (χ1v) is 7.56. The standard InChI is InChI=1S/C10H13N3O3S2/c1-7-6-17-9(5-14)10(7)18(15,16)13-4-8-2-11-12-3-8/h2-3,6,13-14H,4-5H2,1H3,(H,11,12). The van der Waals surface area contributed by atoms with Crippen molar-refractivity contribution in [3.05, 3.63) is 33.8 Å². The van der Waals surface area contributed by atoms with Gasteiger partial charge in [-0.25, -0.2) is 13.1 Å². The maximum Gasteiger partial charge on any atom is 0.242 e. The fourth-order valence-corrected chi connectivity index (χ4v) is 4.26. The number of H-pyrrole nitrogens is 1. The van der Waals surface area contributed by atoms with Crippen molar-refractivity contribution in [1.82, 2.24) is 14.9 Å². The molecule has 3 N–H and O–H groups in total. The summed E-state index contributed by atoms with van der Waals surface area (Å²) in [4.78, 5) is 0.630. The van der Waals surface area contributed by atoms with Crippen molar-refractivity contribution in [1.29, 1.82) is 0 Å². The van der Waals surface area contributed by atoms with Gasteiger partial charge in [0, 0.05) is 18.3 Å². The Morgan fingerprint density at radius 1 is 1.56 bits per heavy atom. The molecule has 0 bridgehead atoms. The largest absolute Gasteiger partial charge is 0.391 e. The molecule has 0 fully saturated rings. The number of aromatic nitrogens is 2. The van der Waals surface area contributed by atoms with Gasteiger partial charge in [-0.3, -0.25) is 5.10 Å². The third-order valence-corrected chi connectivity index (χ3v) is 5.27. The molecule has 2 rings (SSSR count). The third kappa shape index (κ3) is 2.61. The first kappa shape index (κ1) is 13.2. The summed E-state index contributed by atoms with van der Waals surface area (Å²) in [6.45, 7) is 1.60. The monoisotopic (exact) mass is 287 g/mol.